The average Bonchev–Trinajstić information content (AvgIpc) is 2.85. The van der Waals surface area contributed by atoms with Crippen molar-refractivity contribution in [2.24, 2.45) is 0 Å². The van der Waals surface area contributed by atoms with Gasteiger partial charge >= 0.3 is 0 Å². The fourth-order valence-corrected chi connectivity index (χ4v) is 2.77. The van der Waals surface area contributed by atoms with Gasteiger partial charge in [0.15, 0.2) is 5.01 Å². The van der Waals surface area contributed by atoms with E-state index in [2.05, 4.69) is 36.3 Å². The van der Waals surface area contributed by atoms with E-state index in [1.54, 1.807) is 12.1 Å². The summed E-state index contributed by atoms with van der Waals surface area (Å²) in [4.78, 5) is 0. The number of benzene rings is 1. The quantitative estimate of drug-likeness (QED) is 0.921. The minimum absolute atomic E-state index is 0.0717. The number of halogens is 1. The molecule has 0 bridgehead atoms. The van der Waals surface area contributed by atoms with Crippen LogP contribution < -0.4 is 10.1 Å². The first-order chi connectivity index (χ1) is 9.90. The molecule has 21 heavy (non-hydrogen) atoms. The van der Waals surface area contributed by atoms with E-state index in [0.29, 0.717) is 16.3 Å². The highest BCUT2D eigenvalue weighted by Crippen LogP contribution is 2.34. The minimum Gasteiger partial charge on any atom is -0.496 e. The van der Waals surface area contributed by atoms with Crippen LogP contribution in [0.4, 0.5) is 4.39 Å². The van der Waals surface area contributed by atoms with Gasteiger partial charge in [0.1, 0.15) is 16.6 Å². The van der Waals surface area contributed by atoms with Gasteiger partial charge in [0.2, 0.25) is 0 Å². The second-order valence-electron chi connectivity index (χ2n) is 5.74. The van der Waals surface area contributed by atoms with Crippen molar-refractivity contribution in [1.29, 1.82) is 0 Å². The molecule has 114 valence electrons. The maximum Gasteiger partial charge on any atom is 0.154 e. The fourth-order valence-electron chi connectivity index (χ4n) is 1.88. The molecule has 0 saturated heterocycles. The Labute approximate surface area is 128 Å². The minimum atomic E-state index is -0.343. The van der Waals surface area contributed by atoms with Crippen LogP contribution in [0.3, 0.4) is 0 Å². The Bertz CT molecular complexity index is 607. The predicted molar refractivity (Wildman–Crippen MR) is 83.3 cm³/mol. The molecule has 0 radical (unpaired) electrons. The number of ether oxygens (including phenoxy) is 1. The molecule has 0 unspecified atom stereocenters. The topological polar surface area (TPSA) is 47.0 Å². The van der Waals surface area contributed by atoms with Crippen molar-refractivity contribution in [2.45, 2.75) is 32.7 Å². The predicted octanol–water partition coefficient (Wildman–Crippen LogP) is 3.28. The number of methoxy groups -OCH3 is 1. The molecule has 0 aliphatic carbocycles. The van der Waals surface area contributed by atoms with Crippen molar-refractivity contribution >= 4 is 11.3 Å². The lowest BCUT2D eigenvalue weighted by atomic mass is 10.1. The van der Waals surface area contributed by atoms with Crippen LogP contribution in [0.15, 0.2) is 18.2 Å². The third kappa shape index (κ3) is 4.22. The fraction of sp³-hybridized carbons (Fsp3) is 0.467. The Morgan fingerprint density at radius 3 is 2.71 bits per heavy atom. The molecule has 4 nitrogen and oxygen atoms in total. The van der Waals surface area contributed by atoms with Crippen LogP contribution in [-0.4, -0.2) is 29.4 Å². The monoisotopic (exact) mass is 309 g/mol. The van der Waals surface area contributed by atoms with Gasteiger partial charge in [-0.15, -0.1) is 10.2 Å². The summed E-state index contributed by atoms with van der Waals surface area (Å²) in [5, 5.41) is 13.1. The van der Waals surface area contributed by atoms with Gasteiger partial charge in [0.05, 0.1) is 12.7 Å². The van der Waals surface area contributed by atoms with Gasteiger partial charge in [0.25, 0.3) is 0 Å². The third-order valence-corrected chi connectivity index (χ3v) is 3.87. The summed E-state index contributed by atoms with van der Waals surface area (Å²) in [7, 11) is 1.52. The van der Waals surface area contributed by atoms with E-state index < -0.39 is 0 Å². The van der Waals surface area contributed by atoms with E-state index in [1.807, 2.05) is 0 Å². The van der Waals surface area contributed by atoms with Crippen LogP contribution in [0, 0.1) is 5.82 Å². The normalized spacial score (nSPS) is 11.7. The number of rotatable bonds is 5. The molecule has 2 rings (SSSR count). The molecular formula is C15H20FN3OS. The summed E-state index contributed by atoms with van der Waals surface area (Å²) >= 11 is 1.40. The zero-order valence-electron chi connectivity index (χ0n) is 12.7. The molecule has 0 aliphatic heterocycles. The van der Waals surface area contributed by atoms with Crippen molar-refractivity contribution in [3.05, 3.63) is 29.0 Å². The lowest BCUT2D eigenvalue weighted by Crippen LogP contribution is -2.37. The molecule has 0 saturated carbocycles. The standard InChI is InChI=1S/C15H20FN3OS/c1-15(2,3)17-9-8-12-18-19-14(21-12)13-10(16)6-5-7-11(13)20-4/h5-7,17H,8-9H2,1-4H3. The van der Waals surface area contributed by atoms with Crippen LogP contribution in [0.2, 0.25) is 0 Å². The molecule has 1 N–H and O–H groups in total. The van der Waals surface area contributed by atoms with E-state index in [1.165, 1.54) is 24.5 Å². The van der Waals surface area contributed by atoms with Crippen molar-refractivity contribution in [3.63, 3.8) is 0 Å². The van der Waals surface area contributed by atoms with E-state index >= 15 is 0 Å². The molecule has 2 aromatic rings. The molecule has 1 heterocycles. The summed E-state index contributed by atoms with van der Waals surface area (Å²) in [6, 6.07) is 4.74. The van der Waals surface area contributed by atoms with E-state index in [9.17, 15) is 4.39 Å². The summed E-state index contributed by atoms with van der Waals surface area (Å²) in [6.45, 7) is 7.15. The second-order valence-corrected chi connectivity index (χ2v) is 6.81. The number of nitrogens with one attached hydrogen (secondary N) is 1. The zero-order chi connectivity index (χ0) is 15.5. The lowest BCUT2D eigenvalue weighted by Gasteiger charge is -2.19. The highest BCUT2D eigenvalue weighted by atomic mass is 32.1. The molecule has 0 atom stereocenters. The van der Waals surface area contributed by atoms with Crippen LogP contribution in [0.1, 0.15) is 25.8 Å². The first-order valence-electron chi connectivity index (χ1n) is 6.81. The molecule has 0 spiro atoms. The first kappa shape index (κ1) is 15.9. The van der Waals surface area contributed by atoms with E-state index in [4.69, 9.17) is 4.74 Å². The maximum absolute atomic E-state index is 14.0. The van der Waals surface area contributed by atoms with Crippen molar-refractivity contribution in [2.75, 3.05) is 13.7 Å². The Morgan fingerprint density at radius 2 is 2.05 bits per heavy atom. The van der Waals surface area contributed by atoms with Crippen molar-refractivity contribution in [3.8, 4) is 16.3 Å². The Hall–Kier alpha value is -1.53. The molecule has 1 aromatic carbocycles. The largest absolute Gasteiger partial charge is 0.496 e. The maximum atomic E-state index is 14.0. The second kappa shape index (κ2) is 6.49. The van der Waals surface area contributed by atoms with E-state index in [-0.39, 0.29) is 11.4 Å². The summed E-state index contributed by atoms with van der Waals surface area (Å²) in [6.07, 6.45) is 0.770. The molecule has 1 aromatic heterocycles. The molecule has 0 aliphatic rings. The Kier molecular flexibility index (Phi) is 4.90. The number of aromatic nitrogens is 2. The van der Waals surface area contributed by atoms with Gasteiger partial charge < -0.3 is 10.1 Å². The number of hydrogen-bond donors (Lipinski definition) is 1. The third-order valence-electron chi connectivity index (χ3n) is 2.87. The van der Waals surface area contributed by atoms with Gasteiger partial charge in [0, 0.05) is 18.5 Å². The van der Waals surface area contributed by atoms with Crippen LogP contribution in [-0.2, 0) is 6.42 Å². The van der Waals surface area contributed by atoms with Crippen molar-refractivity contribution in [1.82, 2.24) is 15.5 Å². The molecular weight excluding hydrogens is 289 g/mol. The smallest absolute Gasteiger partial charge is 0.154 e. The lowest BCUT2D eigenvalue weighted by molar-refractivity contribution is 0.413. The van der Waals surface area contributed by atoms with Crippen molar-refractivity contribution < 1.29 is 9.13 Å². The first-order valence-corrected chi connectivity index (χ1v) is 7.62. The van der Waals surface area contributed by atoms with Crippen LogP contribution in [0.5, 0.6) is 5.75 Å². The average molecular weight is 309 g/mol. The highest BCUT2D eigenvalue weighted by Gasteiger charge is 2.16. The van der Waals surface area contributed by atoms with Gasteiger partial charge in [-0.3, -0.25) is 0 Å². The van der Waals surface area contributed by atoms with Gasteiger partial charge in [-0.05, 0) is 32.9 Å². The number of nitrogens with zero attached hydrogens (tertiary/aromatic N) is 2. The SMILES string of the molecule is COc1cccc(F)c1-c1nnc(CCNC(C)(C)C)s1. The summed E-state index contributed by atoms with van der Waals surface area (Å²) in [5.41, 5.74) is 0.454. The molecule has 6 heteroatoms. The summed E-state index contributed by atoms with van der Waals surface area (Å²) in [5.74, 6) is 0.135. The number of hydrogen-bond acceptors (Lipinski definition) is 5. The Morgan fingerprint density at radius 1 is 1.29 bits per heavy atom. The highest BCUT2D eigenvalue weighted by molar-refractivity contribution is 7.14. The van der Waals surface area contributed by atoms with Gasteiger partial charge in [-0.1, -0.05) is 17.4 Å². The van der Waals surface area contributed by atoms with Gasteiger partial charge in [-0.2, -0.15) is 0 Å². The van der Waals surface area contributed by atoms with Crippen LogP contribution in [0.25, 0.3) is 10.6 Å². The van der Waals surface area contributed by atoms with Gasteiger partial charge in [-0.25, -0.2) is 4.39 Å². The Balaban J connectivity index is 2.13. The summed E-state index contributed by atoms with van der Waals surface area (Å²) < 4.78 is 19.2. The molecule has 0 amide bonds. The van der Waals surface area contributed by atoms with Crippen LogP contribution >= 0.6 is 11.3 Å². The zero-order valence-corrected chi connectivity index (χ0v) is 13.6. The molecule has 0 fully saturated rings. The van der Waals surface area contributed by atoms with E-state index in [0.717, 1.165) is 18.0 Å².